The molecule has 1 aliphatic rings. The Bertz CT molecular complexity index is 921. The molecular formula is C22H24N2O5S. The van der Waals surface area contributed by atoms with Crippen molar-refractivity contribution in [3.8, 4) is 5.75 Å². The first-order valence-electron chi connectivity index (χ1n) is 9.68. The van der Waals surface area contributed by atoms with Crippen LogP contribution in [0, 0.1) is 0 Å². The first-order chi connectivity index (χ1) is 14.4. The van der Waals surface area contributed by atoms with E-state index in [1.165, 1.54) is 4.90 Å². The van der Waals surface area contributed by atoms with E-state index in [4.69, 9.17) is 9.84 Å². The molecule has 0 saturated carbocycles. The summed E-state index contributed by atoms with van der Waals surface area (Å²) in [5.41, 5.74) is 1.44. The number of carbonyl (C=O) groups is 3. The van der Waals surface area contributed by atoms with Gasteiger partial charge in [0, 0.05) is 6.54 Å². The van der Waals surface area contributed by atoms with Crippen molar-refractivity contribution >= 4 is 36.1 Å². The highest BCUT2D eigenvalue weighted by Gasteiger charge is 2.38. The van der Waals surface area contributed by atoms with Crippen LogP contribution in [0.3, 0.4) is 0 Å². The number of carboxylic acids is 1. The van der Waals surface area contributed by atoms with Gasteiger partial charge in [-0.3, -0.25) is 14.4 Å². The van der Waals surface area contributed by atoms with Gasteiger partial charge in [-0.15, -0.1) is 0 Å². The van der Waals surface area contributed by atoms with Crippen molar-refractivity contribution in [2.45, 2.75) is 37.2 Å². The van der Waals surface area contributed by atoms with Gasteiger partial charge in [0.15, 0.2) is 0 Å². The second-order valence-corrected chi connectivity index (χ2v) is 7.74. The highest BCUT2D eigenvalue weighted by molar-refractivity contribution is 7.81. The lowest BCUT2D eigenvalue weighted by molar-refractivity contribution is -0.137. The summed E-state index contributed by atoms with van der Waals surface area (Å²) in [6.45, 7) is 1.67. The van der Waals surface area contributed by atoms with E-state index in [-0.39, 0.29) is 18.9 Å². The van der Waals surface area contributed by atoms with Crippen molar-refractivity contribution in [2.24, 2.45) is 0 Å². The molecule has 0 aliphatic carbocycles. The number of fused-ring (bicyclic) bond motifs is 1. The minimum atomic E-state index is -1.02. The molecule has 0 fully saturated rings. The predicted molar refractivity (Wildman–Crippen MR) is 116 cm³/mol. The van der Waals surface area contributed by atoms with Crippen LogP contribution in [-0.2, 0) is 20.8 Å². The Balaban J connectivity index is 1.79. The van der Waals surface area contributed by atoms with Gasteiger partial charge in [-0.05, 0) is 31.0 Å². The van der Waals surface area contributed by atoms with E-state index in [1.54, 1.807) is 31.2 Å². The maximum Gasteiger partial charge on any atom is 0.305 e. The number of nitrogens with one attached hydrogen (secondary N) is 1. The van der Waals surface area contributed by atoms with Gasteiger partial charge in [-0.25, -0.2) is 0 Å². The number of amides is 2. The topological polar surface area (TPSA) is 95.9 Å². The minimum absolute atomic E-state index is 0.0258. The fourth-order valence-electron chi connectivity index (χ4n) is 3.33. The molecule has 2 aromatic carbocycles. The zero-order chi connectivity index (χ0) is 21.7. The lowest BCUT2D eigenvalue weighted by Crippen LogP contribution is -2.55. The Morgan fingerprint density at radius 3 is 2.53 bits per heavy atom. The van der Waals surface area contributed by atoms with Crippen molar-refractivity contribution in [1.82, 2.24) is 5.32 Å². The van der Waals surface area contributed by atoms with Crippen LogP contribution in [0.2, 0.25) is 0 Å². The van der Waals surface area contributed by atoms with Gasteiger partial charge in [-0.2, -0.15) is 12.6 Å². The summed E-state index contributed by atoms with van der Waals surface area (Å²) in [5, 5.41) is 11.2. The number of anilines is 1. The van der Waals surface area contributed by atoms with Gasteiger partial charge in [0.2, 0.25) is 5.91 Å². The first-order valence-corrected chi connectivity index (χ1v) is 10.2. The number of carboxylic acid groups (broad SMARTS) is 1. The summed E-state index contributed by atoms with van der Waals surface area (Å²) in [6.07, 6.45) is -0.456. The number of aliphatic carboxylic acids is 1. The molecule has 0 aromatic heterocycles. The third-order valence-corrected chi connectivity index (χ3v) is 5.31. The van der Waals surface area contributed by atoms with Crippen molar-refractivity contribution < 1.29 is 24.2 Å². The van der Waals surface area contributed by atoms with E-state index >= 15 is 0 Å². The smallest absolute Gasteiger partial charge is 0.305 e. The minimum Gasteiger partial charge on any atom is -0.486 e. The van der Waals surface area contributed by atoms with E-state index in [1.807, 2.05) is 30.3 Å². The highest BCUT2D eigenvalue weighted by Crippen LogP contribution is 2.33. The van der Waals surface area contributed by atoms with Gasteiger partial charge in [-0.1, -0.05) is 42.5 Å². The number of nitrogens with zero attached hydrogens (tertiary/aromatic N) is 1. The molecule has 158 valence electrons. The second-order valence-electron chi connectivity index (χ2n) is 7.12. The maximum absolute atomic E-state index is 13.3. The second kappa shape index (κ2) is 9.67. The number of hydrogen-bond donors (Lipinski definition) is 3. The Labute approximate surface area is 180 Å². The summed E-state index contributed by atoms with van der Waals surface area (Å²) < 4.78 is 5.93. The molecule has 0 spiro atoms. The number of para-hydroxylation sites is 2. The first kappa shape index (κ1) is 21.7. The van der Waals surface area contributed by atoms with Crippen molar-refractivity contribution in [1.29, 1.82) is 0 Å². The summed E-state index contributed by atoms with van der Waals surface area (Å²) in [7, 11) is 0. The molecule has 3 atom stereocenters. The van der Waals surface area contributed by atoms with E-state index in [2.05, 4.69) is 17.9 Å². The standard InChI is InChI=1S/C22H24N2O5S/c1-14-20(23-21(27)18(30)13-15-7-3-2-4-8-15)22(28)24(12-11-19(25)26)16-9-5-6-10-17(16)29-14/h2-10,14,18,20,30H,11-13H2,1H3,(H,23,27)(H,25,26)/t14-,18+,20+/m1/s1. The molecule has 2 N–H and O–H groups in total. The van der Waals surface area contributed by atoms with Gasteiger partial charge < -0.3 is 20.1 Å². The molecule has 7 nitrogen and oxygen atoms in total. The Kier molecular flexibility index (Phi) is 6.99. The van der Waals surface area contributed by atoms with Crippen LogP contribution in [0.4, 0.5) is 5.69 Å². The van der Waals surface area contributed by atoms with Crippen LogP contribution in [-0.4, -0.2) is 46.8 Å². The number of thiol groups is 1. The van der Waals surface area contributed by atoms with E-state index in [9.17, 15) is 14.4 Å². The lowest BCUT2D eigenvalue weighted by Gasteiger charge is -2.27. The van der Waals surface area contributed by atoms with Crippen LogP contribution in [0.15, 0.2) is 54.6 Å². The molecule has 0 radical (unpaired) electrons. The Morgan fingerprint density at radius 1 is 1.17 bits per heavy atom. The average molecular weight is 429 g/mol. The van der Waals surface area contributed by atoms with Gasteiger partial charge in [0.25, 0.3) is 5.91 Å². The number of hydrogen-bond acceptors (Lipinski definition) is 5. The molecule has 2 amide bonds. The molecule has 0 bridgehead atoms. The van der Waals surface area contributed by atoms with E-state index in [0.29, 0.717) is 17.9 Å². The number of carbonyl (C=O) groups excluding carboxylic acids is 2. The van der Waals surface area contributed by atoms with Crippen molar-refractivity contribution in [3.05, 3.63) is 60.2 Å². The van der Waals surface area contributed by atoms with Gasteiger partial charge >= 0.3 is 5.97 Å². The summed E-state index contributed by atoms with van der Waals surface area (Å²) in [4.78, 5) is 38.5. The monoisotopic (exact) mass is 428 g/mol. The third-order valence-electron chi connectivity index (χ3n) is 4.89. The molecule has 1 aliphatic heterocycles. The van der Waals surface area contributed by atoms with E-state index in [0.717, 1.165) is 5.56 Å². The third kappa shape index (κ3) is 5.13. The Morgan fingerprint density at radius 2 is 1.83 bits per heavy atom. The fourth-order valence-corrected chi connectivity index (χ4v) is 3.62. The van der Waals surface area contributed by atoms with Crippen LogP contribution in [0.25, 0.3) is 0 Å². The summed E-state index contributed by atoms with van der Waals surface area (Å²) >= 11 is 4.41. The van der Waals surface area contributed by atoms with Crippen molar-refractivity contribution in [3.63, 3.8) is 0 Å². The number of ether oxygens (including phenoxy) is 1. The molecule has 8 heteroatoms. The van der Waals surface area contributed by atoms with E-state index < -0.39 is 29.3 Å². The van der Waals surface area contributed by atoms with Crippen LogP contribution in [0.5, 0.6) is 5.75 Å². The molecule has 30 heavy (non-hydrogen) atoms. The lowest BCUT2D eigenvalue weighted by atomic mass is 10.1. The molecule has 0 unspecified atom stereocenters. The zero-order valence-electron chi connectivity index (χ0n) is 16.5. The molecule has 1 heterocycles. The quantitative estimate of drug-likeness (QED) is 0.588. The molecule has 3 rings (SSSR count). The van der Waals surface area contributed by atoms with Crippen LogP contribution in [0.1, 0.15) is 18.9 Å². The fraction of sp³-hybridized carbons (Fsp3) is 0.318. The van der Waals surface area contributed by atoms with Crippen LogP contribution >= 0.6 is 12.6 Å². The molecule has 0 saturated heterocycles. The maximum atomic E-state index is 13.3. The molecular weight excluding hydrogens is 404 g/mol. The molecule has 2 aromatic rings. The zero-order valence-corrected chi connectivity index (χ0v) is 17.4. The van der Waals surface area contributed by atoms with Gasteiger partial charge in [0.1, 0.15) is 17.9 Å². The SMILES string of the molecule is C[C@H]1Oc2ccccc2N(CCC(=O)O)C(=O)[C@H]1NC(=O)[C@@H](S)Cc1ccccc1. The Hall–Kier alpha value is -3.00. The largest absolute Gasteiger partial charge is 0.486 e. The number of benzene rings is 2. The number of rotatable bonds is 7. The van der Waals surface area contributed by atoms with Gasteiger partial charge in [0.05, 0.1) is 17.4 Å². The average Bonchev–Trinajstić information content (AvgIpc) is 2.82. The summed E-state index contributed by atoms with van der Waals surface area (Å²) in [5.74, 6) is -1.35. The summed E-state index contributed by atoms with van der Waals surface area (Å²) in [6, 6.07) is 15.4. The highest BCUT2D eigenvalue weighted by atomic mass is 32.1. The predicted octanol–water partition coefficient (Wildman–Crippen LogP) is 2.30. The van der Waals surface area contributed by atoms with Crippen molar-refractivity contribution in [2.75, 3.05) is 11.4 Å². The normalized spacial score (nSPS) is 19.3. The van der Waals surface area contributed by atoms with Crippen LogP contribution < -0.4 is 15.0 Å².